The van der Waals surface area contributed by atoms with Crippen LogP contribution in [0.4, 0.5) is 0 Å². The molecule has 0 spiro atoms. The van der Waals surface area contributed by atoms with Crippen molar-refractivity contribution in [2.75, 3.05) is 0 Å². The number of rotatable bonds is 1. The van der Waals surface area contributed by atoms with Crippen LogP contribution >= 0.6 is 11.8 Å². The van der Waals surface area contributed by atoms with Crippen LogP contribution in [0.15, 0.2) is 0 Å². The minimum atomic E-state index is 1.48. The molecule has 0 saturated heterocycles. The second-order valence-corrected chi connectivity index (χ2v) is 1.21. The summed E-state index contributed by atoms with van der Waals surface area (Å²) in [5.74, 6) is 1.93. The topological polar surface area (TPSA) is 0 Å². The smallest absolute Gasteiger partial charge is 0.0135 e. The van der Waals surface area contributed by atoms with Gasteiger partial charge in [-0.2, -0.15) is 11.8 Å². The molecule has 1 heteroatoms. The van der Waals surface area contributed by atoms with Crippen LogP contribution in [0.2, 0.25) is 0 Å². The summed E-state index contributed by atoms with van der Waals surface area (Å²) >= 11 is 1.48. The van der Waals surface area contributed by atoms with Crippen molar-refractivity contribution in [3.05, 3.63) is 12.0 Å². The molecule has 0 heterocycles. The number of hydrogen-bond acceptors (Lipinski definition) is 1. The Kier molecular flexibility index (Phi) is 3.64. The highest BCUT2D eigenvalue weighted by molar-refractivity contribution is 8.02. The summed E-state index contributed by atoms with van der Waals surface area (Å²) in [7, 11) is 0. The molecule has 0 bridgehead atoms. The normalized spacial score (nSPS) is 7.50. The van der Waals surface area contributed by atoms with Gasteiger partial charge >= 0.3 is 0 Å². The molecule has 0 aliphatic rings. The van der Waals surface area contributed by atoms with Crippen molar-refractivity contribution in [2.45, 2.75) is 6.92 Å². The molecule has 0 unspecified atom stereocenters. The van der Waals surface area contributed by atoms with Crippen molar-refractivity contribution in [2.24, 2.45) is 0 Å². The second-order valence-electron chi connectivity index (χ2n) is 0.402. The first-order valence-electron chi connectivity index (χ1n) is 1.10. The van der Waals surface area contributed by atoms with E-state index in [2.05, 4.69) is 6.26 Å². The summed E-state index contributed by atoms with van der Waals surface area (Å²) in [6.07, 6.45) is 3.47. The van der Waals surface area contributed by atoms with E-state index < -0.39 is 0 Å². The first-order chi connectivity index (χ1) is 1.91. The molecule has 0 aromatic rings. The molecule has 0 aliphatic heterocycles. The fraction of sp³-hybridized carbons (Fsp3) is 0.333. The first kappa shape index (κ1) is 4.35. The molecular formula is C3H6S. The molecule has 24 valence electrons. The molecule has 0 N–H and O–H groups in total. The Morgan fingerprint density at radius 2 is 2.25 bits per heavy atom. The van der Waals surface area contributed by atoms with Crippen LogP contribution in [0.5, 0.6) is 0 Å². The molecule has 4 heavy (non-hydrogen) atoms. The van der Waals surface area contributed by atoms with Gasteiger partial charge in [0, 0.05) is 12.0 Å². The summed E-state index contributed by atoms with van der Waals surface area (Å²) in [5.41, 5.74) is 0. The van der Waals surface area contributed by atoms with Gasteiger partial charge in [0.25, 0.3) is 0 Å². The van der Waals surface area contributed by atoms with Crippen LogP contribution in [-0.4, -0.2) is 0 Å². The van der Waals surface area contributed by atoms with E-state index in [4.69, 9.17) is 0 Å². The van der Waals surface area contributed by atoms with Crippen LogP contribution in [-0.2, 0) is 0 Å². The van der Waals surface area contributed by atoms with E-state index in [0.717, 1.165) is 0 Å². The van der Waals surface area contributed by atoms with E-state index in [-0.39, 0.29) is 0 Å². The highest BCUT2D eigenvalue weighted by atomic mass is 32.2. The Morgan fingerprint density at radius 3 is 2.25 bits per heavy atom. The molecule has 0 fully saturated rings. The van der Waals surface area contributed by atoms with Crippen molar-refractivity contribution >= 4 is 11.8 Å². The van der Waals surface area contributed by atoms with Crippen LogP contribution in [0.3, 0.4) is 0 Å². The predicted molar refractivity (Wildman–Crippen MR) is 22.9 cm³/mol. The van der Waals surface area contributed by atoms with Gasteiger partial charge in [0.2, 0.25) is 0 Å². The zero-order chi connectivity index (χ0) is 3.41. The van der Waals surface area contributed by atoms with Gasteiger partial charge in [-0.25, -0.2) is 0 Å². The third-order valence-electron chi connectivity index (χ3n) is 0.167. The fourth-order valence-corrected chi connectivity index (χ4v) is 0. The fourth-order valence-electron chi connectivity index (χ4n) is 0. The van der Waals surface area contributed by atoms with Crippen molar-refractivity contribution < 1.29 is 0 Å². The van der Waals surface area contributed by atoms with Crippen molar-refractivity contribution in [1.82, 2.24) is 0 Å². The highest BCUT2D eigenvalue weighted by Gasteiger charge is 1.56. The van der Waals surface area contributed by atoms with Crippen LogP contribution in [0.25, 0.3) is 0 Å². The third-order valence-corrected chi connectivity index (χ3v) is 0.500. The highest BCUT2D eigenvalue weighted by Crippen LogP contribution is 1.95. The molecule has 0 atom stereocenters. The quantitative estimate of drug-likeness (QED) is 0.456. The summed E-state index contributed by atoms with van der Waals surface area (Å²) in [6, 6.07) is 0. The summed E-state index contributed by atoms with van der Waals surface area (Å²) < 4.78 is 0. The third kappa shape index (κ3) is 2.35. The lowest BCUT2D eigenvalue weighted by Gasteiger charge is -1.68. The van der Waals surface area contributed by atoms with Gasteiger partial charge in [-0.15, -0.1) is 0 Å². The van der Waals surface area contributed by atoms with Gasteiger partial charge in [-0.05, 0) is 0 Å². The summed E-state index contributed by atoms with van der Waals surface area (Å²) in [5, 5.41) is 0. The molecule has 0 aromatic heterocycles. The largest absolute Gasteiger partial charge is 0.157 e. The van der Waals surface area contributed by atoms with E-state index in [1.54, 1.807) is 0 Å². The van der Waals surface area contributed by atoms with Crippen molar-refractivity contribution in [3.63, 3.8) is 0 Å². The molecule has 0 aliphatic carbocycles. The molecular weight excluding hydrogens is 68.1 g/mol. The second kappa shape index (κ2) is 3.35. The maximum atomic E-state index is 3.47. The van der Waals surface area contributed by atoms with Gasteiger partial charge in [0.05, 0.1) is 0 Å². The molecule has 2 radical (unpaired) electrons. The molecule has 0 rings (SSSR count). The first-order valence-corrected chi connectivity index (χ1v) is 2.15. The van der Waals surface area contributed by atoms with E-state index in [1.807, 2.05) is 12.7 Å². The summed E-state index contributed by atoms with van der Waals surface area (Å²) in [6.45, 7) is 1.96. The van der Waals surface area contributed by atoms with E-state index >= 15 is 0 Å². The van der Waals surface area contributed by atoms with Crippen LogP contribution in [0, 0.1) is 12.0 Å². The Balaban J connectivity index is 1.97. The Hall–Kier alpha value is 0.350. The Morgan fingerprint density at radius 1 is 2.00 bits per heavy atom. The maximum absolute atomic E-state index is 3.47. The predicted octanol–water partition coefficient (Wildman–Crippen LogP) is 1.69. The van der Waals surface area contributed by atoms with Gasteiger partial charge in [-0.1, -0.05) is 6.92 Å². The molecule has 0 nitrogen and oxygen atoms in total. The van der Waals surface area contributed by atoms with E-state index in [9.17, 15) is 0 Å². The van der Waals surface area contributed by atoms with Crippen molar-refractivity contribution in [1.29, 1.82) is 0 Å². The molecule has 0 saturated carbocycles. The van der Waals surface area contributed by atoms with E-state index in [0.29, 0.717) is 0 Å². The zero-order valence-electron chi connectivity index (χ0n) is 2.69. The van der Waals surface area contributed by atoms with Gasteiger partial charge in [-0.3, -0.25) is 0 Å². The lowest BCUT2D eigenvalue weighted by molar-refractivity contribution is 1.74. The minimum absolute atomic E-state index is 1.48. The Labute approximate surface area is 31.6 Å². The van der Waals surface area contributed by atoms with Crippen molar-refractivity contribution in [3.8, 4) is 0 Å². The van der Waals surface area contributed by atoms with E-state index in [1.165, 1.54) is 11.8 Å². The van der Waals surface area contributed by atoms with Crippen LogP contribution < -0.4 is 0 Å². The molecule has 0 amide bonds. The minimum Gasteiger partial charge on any atom is -0.157 e. The lowest BCUT2D eigenvalue weighted by atomic mass is 11.0. The average molecular weight is 74.1 g/mol. The standard InChI is InChI=1S/C3H6S/c1-3-4-2/h3H,2H2,1H3. The van der Waals surface area contributed by atoms with Gasteiger partial charge < -0.3 is 0 Å². The zero-order valence-corrected chi connectivity index (χ0v) is 3.51. The molecule has 0 aromatic carbocycles. The Bertz CT molecular complexity index is 5.25. The average Bonchev–Trinajstić information content (AvgIpc) is 1.37. The SMILES string of the molecule is [CH2]S[CH]C. The maximum Gasteiger partial charge on any atom is 0.0135 e. The number of thioether (sulfide) groups is 1. The van der Waals surface area contributed by atoms with Gasteiger partial charge in [0.15, 0.2) is 0 Å². The monoisotopic (exact) mass is 74.0 g/mol. The summed E-state index contributed by atoms with van der Waals surface area (Å²) in [4.78, 5) is 0. The van der Waals surface area contributed by atoms with Crippen LogP contribution in [0.1, 0.15) is 6.92 Å². The number of hydrogen-bond donors (Lipinski definition) is 0. The lowest BCUT2D eigenvalue weighted by Crippen LogP contribution is -1.35. The van der Waals surface area contributed by atoms with Gasteiger partial charge in [0.1, 0.15) is 0 Å².